The van der Waals surface area contributed by atoms with E-state index in [1.54, 1.807) is 23.5 Å². The van der Waals surface area contributed by atoms with Gasteiger partial charge in [0.25, 0.3) is 5.91 Å². The van der Waals surface area contributed by atoms with Crippen LogP contribution in [0.2, 0.25) is 0 Å². The highest BCUT2D eigenvalue weighted by Gasteiger charge is 2.38. The van der Waals surface area contributed by atoms with E-state index in [0.717, 1.165) is 4.57 Å². The topological polar surface area (TPSA) is 158 Å². The van der Waals surface area contributed by atoms with E-state index in [0.29, 0.717) is 0 Å². The number of nitrogens with zero attached hydrogens (tertiary/aromatic N) is 2. The number of benzene rings is 1. The van der Waals surface area contributed by atoms with Crippen molar-refractivity contribution < 1.29 is 37.3 Å². The summed E-state index contributed by atoms with van der Waals surface area (Å²) in [6, 6.07) is 7.99. The third-order valence-electron chi connectivity index (χ3n) is 5.02. The monoisotopic (exact) mass is 509 g/mol. The first-order valence-electron chi connectivity index (χ1n) is 10.6. The number of aromatic nitrogens is 2. The number of aliphatic hydroxyl groups is 1. The van der Waals surface area contributed by atoms with Crippen LogP contribution in [0.5, 0.6) is 0 Å². The highest BCUT2D eigenvalue weighted by Crippen LogP contribution is 2.30. The first-order chi connectivity index (χ1) is 17.1. The van der Waals surface area contributed by atoms with Crippen LogP contribution in [0.25, 0.3) is 0 Å². The zero-order chi connectivity index (χ0) is 26.3. The lowest BCUT2D eigenvalue weighted by molar-refractivity contribution is -0.173. The molecule has 2 heterocycles. The predicted molar refractivity (Wildman–Crippen MR) is 118 cm³/mol. The van der Waals surface area contributed by atoms with E-state index >= 15 is 0 Å². The number of alkyl halides is 3. The van der Waals surface area contributed by atoms with Crippen LogP contribution in [0, 0.1) is 11.8 Å². The van der Waals surface area contributed by atoms with Gasteiger partial charge in [-0.1, -0.05) is 30.0 Å². The van der Waals surface area contributed by atoms with Gasteiger partial charge in [-0.2, -0.15) is 18.2 Å². The van der Waals surface area contributed by atoms with Gasteiger partial charge in [-0.05, 0) is 12.1 Å². The fraction of sp³-hybridized carbons (Fsp3) is 0.364. The maximum Gasteiger partial charge on any atom is 0.471 e. The second kappa shape index (κ2) is 11.8. The van der Waals surface area contributed by atoms with Gasteiger partial charge in [0.05, 0.1) is 31.5 Å². The zero-order valence-electron chi connectivity index (χ0n) is 18.6. The molecule has 36 heavy (non-hydrogen) atoms. The lowest BCUT2D eigenvalue weighted by atomic mass is 10.2. The van der Waals surface area contributed by atoms with E-state index in [-0.39, 0.29) is 30.1 Å². The van der Waals surface area contributed by atoms with E-state index in [1.807, 2.05) is 0 Å². The fourth-order valence-corrected chi connectivity index (χ4v) is 3.33. The molecule has 2 amide bonds. The van der Waals surface area contributed by atoms with E-state index < -0.39 is 55.3 Å². The predicted octanol–water partition coefficient (Wildman–Crippen LogP) is 0.107. The SMILES string of the molecule is NCOC1CC(n2cc(C#CCNC(=O)C(F)(F)F)c(NC(=O)c3ccccc3)nc2=O)OC1CO. The van der Waals surface area contributed by atoms with Crippen LogP contribution in [0.3, 0.4) is 0 Å². The molecule has 1 aromatic heterocycles. The minimum atomic E-state index is -5.07. The summed E-state index contributed by atoms with van der Waals surface area (Å²) in [5, 5.41) is 13.6. The van der Waals surface area contributed by atoms with Crippen molar-refractivity contribution in [3.05, 3.63) is 58.1 Å². The Labute approximate surface area is 202 Å². The molecule has 1 aliphatic heterocycles. The average Bonchev–Trinajstić information content (AvgIpc) is 3.25. The maximum atomic E-state index is 12.7. The van der Waals surface area contributed by atoms with E-state index in [2.05, 4.69) is 22.1 Å². The number of halogens is 3. The highest BCUT2D eigenvalue weighted by atomic mass is 19.4. The van der Waals surface area contributed by atoms with Crippen molar-refractivity contribution in [3.63, 3.8) is 0 Å². The van der Waals surface area contributed by atoms with Crippen molar-refractivity contribution in [2.45, 2.75) is 31.0 Å². The molecule has 5 N–H and O–H groups in total. The van der Waals surface area contributed by atoms with E-state index in [9.17, 15) is 32.7 Å². The minimum absolute atomic E-state index is 0.0347. The second-order valence-corrected chi connectivity index (χ2v) is 7.41. The molecule has 3 unspecified atom stereocenters. The van der Waals surface area contributed by atoms with Gasteiger partial charge < -0.3 is 30.9 Å². The largest absolute Gasteiger partial charge is 0.471 e. The Morgan fingerprint density at radius 2 is 2.03 bits per heavy atom. The summed E-state index contributed by atoms with van der Waals surface area (Å²) < 4.78 is 49.2. The molecular formula is C22H22F3N5O6. The van der Waals surface area contributed by atoms with Crippen molar-refractivity contribution >= 4 is 17.6 Å². The van der Waals surface area contributed by atoms with E-state index in [4.69, 9.17) is 15.2 Å². The molecule has 14 heteroatoms. The molecule has 1 fully saturated rings. The van der Waals surface area contributed by atoms with Gasteiger partial charge in [-0.15, -0.1) is 0 Å². The lowest BCUT2D eigenvalue weighted by Crippen LogP contribution is -2.36. The van der Waals surface area contributed by atoms with Crippen LogP contribution in [0.1, 0.15) is 28.6 Å². The molecule has 0 radical (unpaired) electrons. The Hall–Kier alpha value is -3.77. The molecule has 3 rings (SSSR count). The Morgan fingerprint density at radius 3 is 2.67 bits per heavy atom. The van der Waals surface area contributed by atoms with Gasteiger partial charge >= 0.3 is 17.8 Å². The maximum absolute atomic E-state index is 12.7. The van der Waals surface area contributed by atoms with Gasteiger partial charge in [0.15, 0.2) is 5.82 Å². The number of ether oxygens (including phenoxy) is 2. The first-order valence-corrected chi connectivity index (χ1v) is 10.6. The average molecular weight is 509 g/mol. The Bertz CT molecular complexity index is 1210. The molecular weight excluding hydrogens is 487 g/mol. The molecule has 1 saturated heterocycles. The molecule has 11 nitrogen and oxygen atoms in total. The minimum Gasteiger partial charge on any atom is -0.394 e. The normalized spacial score (nSPS) is 19.3. The van der Waals surface area contributed by atoms with Crippen molar-refractivity contribution in [2.75, 3.05) is 25.2 Å². The summed E-state index contributed by atoms with van der Waals surface area (Å²) in [6.07, 6.45) is -6.04. The zero-order valence-corrected chi connectivity index (χ0v) is 18.6. The Kier molecular flexibility index (Phi) is 8.78. The number of nitrogens with two attached hydrogens (primary N) is 1. The molecule has 0 aliphatic carbocycles. The van der Waals surface area contributed by atoms with Gasteiger partial charge in [-0.25, -0.2) is 4.79 Å². The highest BCUT2D eigenvalue weighted by molar-refractivity contribution is 6.04. The summed E-state index contributed by atoms with van der Waals surface area (Å²) in [5.41, 5.74) is 4.79. The second-order valence-electron chi connectivity index (χ2n) is 7.41. The van der Waals surface area contributed by atoms with Crippen molar-refractivity contribution in [1.29, 1.82) is 0 Å². The van der Waals surface area contributed by atoms with Crippen LogP contribution in [-0.2, 0) is 14.3 Å². The first kappa shape index (κ1) is 26.8. The van der Waals surface area contributed by atoms with Crippen molar-refractivity contribution in [1.82, 2.24) is 14.9 Å². The number of hydrogen-bond acceptors (Lipinski definition) is 8. The summed E-state index contributed by atoms with van der Waals surface area (Å²) in [7, 11) is 0. The molecule has 1 aromatic carbocycles. The molecule has 0 spiro atoms. The summed E-state index contributed by atoms with van der Waals surface area (Å²) in [5.74, 6) is 1.82. The number of amides is 2. The lowest BCUT2D eigenvalue weighted by Gasteiger charge is -2.16. The molecule has 0 bridgehead atoms. The van der Waals surface area contributed by atoms with Gasteiger partial charge in [0.1, 0.15) is 12.3 Å². The quantitative estimate of drug-likeness (QED) is 0.303. The van der Waals surface area contributed by atoms with Gasteiger partial charge in [-0.3, -0.25) is 14.2 Å². The number of aliphatic hydroxyl groups excluding tert-OH is 1. The third-order valence-corrected chi connectivity index (χ3v) is 5.02. The summed E-state index contributed by atoms with van der Waals surface area (Å²) in [6.45, 7) is -1.21. The standard InChI is InChI=1S/C22H22F3N5O6/c23-22(24,25)20(33)27-8-4-7-14-10-30(17-9-15(35-12-26)16(11-31)36-17)21(34)29-18(14)28-19(32)13-5-2-1-3-6-13/h1-3,5-6,10,15-17,31H,8-9,11-12,26H2,(H,27,33)(H,28,29,32,34). The van der Waals surface area contributed by atoms with Crippen molar-refractivity contribution in [2.24, 2.45) is 5.73 Å². The molecule has 1 aliphatic rings. The van der Waals surface area contributed by atoms with Gasteiger partial charge in [0.2, 0.25) is 0 Å². The summed E-state index contributed by atoms with van der Waals surface area (Å²) in [4.78, 5) is 40.2. The van der Waals surface area contributed by atoms with Crippen LogP contribution < -0.4 is 22.1 Å². The van der Waals surface area contributed by atoms with Crippen LogP contribution in [0.4, 0.5) is 19.0 Å². The number of carbonyl (C=O) groups excluding carboxylic acids is 2. The van der Waals surface area contributed by atoms with Crippen LogP contribution >= 0.6 is 0 Å². The molecule has 2 aromatic rings. The number of carbonyl (C=O) groups is 2. The Balaban J connectivity index is 1.91. The third kappa shape index (κ3) is 6.67. The molecule has 192 valence electrons. The number of hydrogen-bond donors (Lipinski definition) is 4. The van der Waals surface area contributed by atoms with Gasteiger partial charge in [0, 0.05) is 18.2 Å². The van der Waals surface area contributed by atoms with Crippen molar-refractivity contribution in [3.8, 4) is 11.8 Å². The number of anilines is 1. The number of rotatable bonds is 7. The Morgan fingerprint density at radius 1 is 1.31 bits per heavy atom. The molecule has 3 atom stereocenters. The molecule has 0 saturated carbocycles. The number of nitrogens with one attached hydrogen (secondary N) is 2. The fourth-order valence-electron chi connectivity index (χ4n) is 3.33. The van der Waals surface area contributed by atoms with Crippen LogP contribution in [0.15, 0.2) is 41.3 Å². The summed E-state index contributed by atoms with van der Waals surface area (Å²) >= 11 is 0. The van der Waals surface area contributed by atoms with E-state index in [1.165, 1.54) is 18.3 Å². The smallest absolute Gasteiger partial charge is 0.394 e. The van der Waals surface area contributed by atoms with Crippen LogP contribution in [-0.4, -0.2) is 64.7 Å².